The predicted octanol–water partition coefficient (Wildman–Crippen LogP) is 4.03. The zero-order chi connectivity index (χ0) is 18.2. The molecule has 140 valence electrons. The maximum atomic E-state index is 12.2. The average molecular weight is 366 g/mol. The third kappa shape index (κ3) is 6.10. The third-order valence-corrected chi connectivity index (χ3v) is 5.60. The molecule has 2 rings (SSSR count). The summed E-state index contributed by atoms with van der Waals surface area (Å²) < 4.78 is 0. The minimum absolute atomic E-state index is 0.0375. The van der Waals surface area contributed by atoms with E-state index in [9.17, 15) is 9.59 Å². The molecule has 1 aliphatic rings. The molecule has 6 heteroatoms. The molecule has 0 bridgehead atoms. The monoisotopic (exact) mass is 365 g/mol. The molecular formula is C19H31N3O2S. The van der Waals surface area contributed by atoms with E-state index in [1.807, 2.05) is 4.90 Å². The molecule has 5 nitrogen and oxygen atoms in total. The summed E-state index contributed by atoms with van der Waals surface area (Å²) in [4.78, 5) is 32.1. The van der Waals surface area contributed by atoms with Gasteiger partial charge >= 0.3 is 0 Å². The maximum Gasteiger partial charge on any atom is 0.226 e. The van der Waals surface area contributed by atoms with Gasteiger partial charge in [0.1, 0.15) is 0 Å². The SMILES string of the molecule is CCCN(CCC)C(=O)CCCC(=O)Nc1nc2c(s1)CC(C)CC2. The van der Waals surface area contributed by atoms with Crippen molar-refractivity contribution < 1.29 is 9.59 Å². The van der Waals surface area contributed by atoms with Gasteiger partial charge in [0, 0.05) is 30.8 Å². The number of aromatic nitrogens is 1. The quantitative estimate of drug-likeness (QED) is 0.719. The van der Waals surface area contributed by atoms with Gasteiger partial charge in [0.2, 0.25) is 11.8 Å². The van der Waals surface area contributed by atoms with Crippen molar-refractivity contribution in [2.75, 3.05) is 18.4 Å². The van der Waals surface area contributed by atoms with Gasteiger partial charge in [-0.1, -0.05) is 20.8 Å². The molecule has 1 unspecified atom stereocenters. The Labute approximate surface area is 155 Å². The smallest absolute Gasteiger partial charge is 0.226 e. The van der Waals surface area contributed by atoms with Gasteiger partial charge in [-0.2, -0.15) is 0 Å². The summed E-state index contributed by atoms with van der Waals surface area (Å²) in [7, 11) is 0. The van der Waals surface area contributed by atoms with E-state index in [4.69, 9.17) is 0 Å². The summed E-state index contributed by atoms with van der Waals surface area (Å²) in [6.07, 6.45) is 6.62. The van der Waals surface area contributed by atoms with Crippen LogP contribution in [0.4, 0.5) is 5.13 Å². The summed E-state index contributed by atoms with van der Waals surface area (Å²) in [5, 5.41) is 3.63. The fourth-order valence-corrected chi connectivity index (χ4v) is 4.42. The molecule has 0 radical (unpaired) electrons. The van der Waals surface area contributed by atoms with Crippen LogP contribution in [0.5, 0.6) is 0 Å². The molecule has 0 aliphatic heterocycles. The number of carbonyl (C=O) groups excluding carboxylic acids is 2. The molecule has 0 fully saturated rings. The van der Waals surface area contributed by atoms with E-state index >= 15 is 0 Å². The lowest BCUT2D eigenvalue weighted by atomic mass is 9.93. The van der Waals surface area contributed by atoms with E-state index in [0.717, 1.165) is 44.5 Å². The summed E-state index contributed by atoms with van der Waals surface area (Å²) in [5.74, 6) is 0.830. The van der Waals surface area contributed by atoms with Crippen LogP contribution in [0, 0.1) is 5.92 Å². The van der Waals surface area contributed by atoms with Gasteiger partial charge in [-0.15, -0.1) is 11.3 Å². The third-order valence-electron chi connectivity index (χ3n) is 4.57. The lowest BCUT2D eigenvalue weighted by Crippen LogP contribution is -2.32. The van der Waals surface area contributed by atoms with Crippen LogP contribution >= 0.6 is 11.3 Å². The Bertz CT molecular complexity index is 579. The number of amides is 2. The number of fused-ring (bicyclic) bond motifs is 1. The maximum absolute atomic E-state index is 12.2. The highest BCUT2D eigenvalue weighted by atomic mass is 32.1. The van der Waals surface area contributed by atoms with Crippen LogP contribution < -0.4 is 5.32 Å². The molecule has 1 atom stereocenters. The minimum Gasteiger partial charge on any atom is -0.343 e. The number of hydrogen-bond acceptors (Lipinski definition) is 4. The standard InChI is InChI=1S/C19H31N3O2S/c1-4-11-22(12-5-2)18(24)8-6-7-17(23)21-19-20-15-10-9-14(3)13-16(15)25-19/h14H,4-13H2,1-3H3,(H,20,21,23). The molecular weight excluding hydrogens is 334 g/mol. The van der Waals surface area contributed by atoms with Crippen LogP contribution in [-0.4, -0.2) is 34.8 Å². The second-order valence-electron chi connectivity index (χ2n) is 7.02. The van der Waals surface area contributed by atoms with E-state index in [-0.39, 0.29) is 11.8 Å². The van der Waals surface area contributed by atoms with Gasteiger partial charge in [0.05, 0.1) is 5.69 Å². The van der Waals surface area contributed by atoms with Crippen molar-refractivity contribution in [3.8, 4) is 0 Å². The summed E-state index contributed by atoms with van der Waals surface area (Å²) >= 11 is 1.61. The number of aryl methyl sites for hydroxylation is 1. The highest BCUT2D eigenvalue weighted by molar-refractivity contribution is 7.15. The molecule has 1 aliphatic carbocycles. The number of thiazole rings is 1. The number of rotatable bonds is 9. The van der Waals surface area contributed by atoms with E-state index in [1.165, 1.54) is 11.3 Å². The predicted molar refractivity (Wildman–Crippen MR) is 103 cm³/mol. The van der Waals surface area contributed by atoms with Gasteiger partial charge in [-0.25, -0.2) is 4.98 Å². The second-order valence-corrected chi connectivity index (χ2v) is 8.10. The van der Waals surface area contributed by atoms with Crippen molar-refractivity contribution >= 4 is 28.3 Å². The Morgan fingerprint density at radius 3 is 2.64 bits per heavy atom. The van der Waals surface area contributed by atoms with Crippen molar-refractivity contribution in [1.82, 2.24) is 9.88 Å². The molecule has 2 amide bonds. The van der Waals surface area contributed by atoms with Gasteiger partial charge in [-0.05, 0) is 44.4 Å². The molecule has 1 aromatic heterocycles. The zero-order valence-corrected chi connectivity index (χ0v) is 16.6. The van der Waals surface area contributed by atoms with Crippen molar-refractivity contribution in [2.45, 2.75) is 72.1 Å². The highest BCUT2D eigenvalue weighted by Gasteiger charge is 2.20. The molecule has 0 spiro atoms. The van der Waals surface area contributed by atoms with Crippen LogP contribution in [0.1, 0.15) is 69.9 Å². The molecule has 1 aromatic rings. The average Bonchev–Trinajstić information content (AvgIpc) is 2.95. The molecule has 0 aromatic carbocycles. The second kappa shape index (κ2) is 9.90. The first-order valence-electron chi connectivity index (χ1n) is 9.59. The number of anilines is 1. The number of carbonyl (C=O) groups is 2. The van der Waals surface area contributed by atoms with E-state index in [2.05, 4.69) is 31.1 Å². The number of hydrogen-bond donors (Lipinski definition) is 1. The van der Waals surface area contributed by atoms with Crippen LogP contribution in [0.2, 0.25) is 0 Å². The number of nitrogens with one attached hydrogen (secondary N) is 1. The fourth-order valence-electron chi connectivity index (χ4n) is 3.23. The normalized spacial score (nSPS) is 16.4. The van der Waals surface area contributed by atoms with Crippen LogP contribution in [0.25, 0.3) is 0 Å². The molecule has 0 saturated heterocycles. The summed E-state index contributed by atoms with van der Waals surface area (Å²) in [6.45, 7) is 8.04. The van der Waals surface area contributed by atoms with Crippen molar-refractivity contribution in [1.29, 1.82) is 0 Å². The largest absolute Gasteiger partial charge is 0.343 e. The van der Waals surface area contributed by atoms with E-state index in [0.29, 0.717) is 30.3 Å². The first-order chi connectivity index (χ1) is 12.0. The van der Waals surface area contributed by atoms with Gasteiger partial charge in [-0.3, -0.25) is 9.59 Å². The Morgan fingerprint density at radius 1 is 1.24 bits per heavy atom. The lowest BCUT2D eigenvalue weighted by Gasteiger charge is -2.21. The summed E-state index contributed by atoms with van der Waals surface area (Å²) in [6, 6.07) is 0. The van der Waals surface area contributed by atoms with Crippen molar-refractivity contribution in [3.05, 3.63) is 10.6 Å². The summed E-state index contributed by atoms with van der Waals surface area (Å²) in [5.41, 5.74) is 1.16. The van der Waals surface area contributed by atoms with E-state index in [1.54, 1.807) is 11.3 Å². The first kappa shape index (κ1) is 19.9. The molecule has 1 N–H and O–H groups in total. The van der Waals surface area contributed by atoms with Crippen LogP contribution in [-0.2, 0) is 22.4 Å². The van der Waals surface area contributed by atoms with Crippen LogP contribution in [0.3, 0.4) is 0 Å². The molecule has 25 heavy (non-hydrogen) atoms. The molecule has 1 heterocycles. The Balaban J connectivity index is 1.74. The molecule has 0 saturated carbocycles. The zero-order valence-electron chi connectivity index (χ0n) is 15.8. The van der Waals surface area contributed by atoms with Crippen molar-refractivity contribution in [3.63, 3.8) is 0 Å². The fraction of sp³-hybridized carbons (Fsp3) is 0.737. The first-order valence-corrected chi connectivity index (χ1v) is 10.4. The minimum atomic E-state index is -0.0375. The van der Waals surface area contributed by atoms with Crippen molar-refractivity contribution in [2.24, 2.45) is 5.92 Å². The number of nitrogens with zero attached hydrogens (tertiary/aromatic N) is 2. The topological polar surface area (TPSA) is 62.3 Å². The van der Waals surface area contributed by atoms with Crippen LogP contribution in [0.15, 0.2) is 0 Å². The lowest BCUT2D eigenvalue weighted by molar-refractivity contribution is -0.131. The Hall–Kier alpha value is -1.43. The Kier molecular flexibility index (Phi) is 7.88. The van der Waals surface area contributed by atoms with Gasteiger partial charge in [0.25, 0.3) is 0 Å². The Morgan fingerprint density at radius 2 is 1.96 bits per heavy atom. The van der Waals surface area contributed by atoms with Gasteiger partial charge < -0.3 is 10.2 Å². The highest BCUT2D eigenvalue weighted by Crippen LogP contribution is 2.32. The van der Waals surface area contributed by atoms with E-state index < -0.39 is 0 Å². The van der Waals surface area contributed by atoms with Gasteiger partial charge in [0.15, 0.2) is 5.13 Å².